The number of nitrogens with zero attached hydrogens (tertiary/aromatic N) is 2. The van der Waals surface area contributed by atoms with Crippen molar-refractivity contribution in [1.82, 2.24) is 10.1 Å². The topological polar surface area (TPSA) is 64.9 Å². The quantitative estimate of drug-likeness (QED) is 0.716. The molecule has 0 aliphatic carbocycles. The summed E-state index contributed by atoms with van der Waals surface area (Å²) in [5.74, 6) is 1.06. The van der Waals surface area contributed by atoms with Gasteiger partial charge in [-0.15, -0.1) is 0 Å². The molecule has 0 fully saturated rings. The molecule has 0 spiro atoms. The number of hydrogen-bond acceptors (Lipinski definition) is 4. The van der Waals surface area contributed by atoms with E-state index in [0.717, 1.165) is 11.1 Å². The zero-order valence-corrected chi connectivity index (χ0v) is 13.0. The van der Waals surface area contributed by atoms with Gasteiger partial charge in [0.1, 0.15) is 0 Å². The fraction of sp³-hybridized carbons (Fsp3) is 0.222. The van der Waals surface area contributed by atoms with Crippen LogP contribution in [0.15, 0.2) is 53.1 Å². The Hall–Kier alpha value is -2.62. The van der Waals surface area contributed by atoms with Crippen molar-refractivity contribution in [2.24, 2.45) is 0 Å². The molecule has 112 valence electrons. The van der Waals surface area contributed by atoms with E-state index in [2.05, 4.69) is 43.0 Å². The van der Waals surface area contributed by atoms with E-state index in [1.165, 1.54) is 5.56 Å². The van der Waals surface area contributed by atoms with Crippen LogP contribution in [0.1, 0.15) is 26.3 Å². The molecule has 22 heavy (non-hydrogen) atoms. The van der Waals surface area contributed by atoms with Crippen molar-refractivity contribution in [2.45, 2.75) is 26.2 Å². The molecule has 0 unspecified atom stereocenters. The molecule has 0 bridgehead atoms. The van der Waals surface area contributed by atoms with E-state index in [0.29, 0.717) is 17.4 Å². The smallest absolute Gasteiger partial charge is 0.258 e. The first-order valence-electron chi connectivity index (χ1n) is 7.24. The molecule has 0 amide bonds. The number of nitrogens with two attached hydrogens (primary N) is 1. The molecule has 3 rings (SSSR count). The van der Waals surface area contributed by atoms with Gasteiger partial charge >= 0.3 is 0 Å². The SMILES string of the molecule is CC(C)(C)c1ccc(-c2nc(-c3cccc(N)c3)no2)cc1. The fourth-order valence-electron chi connectivity index (χ4n) is 2.25. The Bertz CT molecular complexity index is 783. The third-order valence-electron chi connectivity index (χ3n) is 3.57. The predicted molar refractivity (Wildman–Crippen MR) is 88.3 cm³/mol. The minimum absolute atomic E-state index is 0.125. The number of aromatic nitrogens is 2. The lowest BCUT2D eigenvalue weighted by atomic mass is 9.87. The highest BCUT2D eigenvalue weighted by Crippen LogP contribution is 2.27. The van der Waals surface area contributed by atoms with Gasteiger partial charge in [0.2, 0.25) is 5.82 Å². The van der Waals surface area contributed by atoms with Crippen molar-refractivity contribution >= 4 is 5.69 Å². The van der Waals surface area contributed by atoms with Crippen molar-refractivity contribution in [3.8, 4) is 22.8 Å². The number of nitrogen functional groups attached to an aromatic ring is 1. The largest absolute Gasteiger partial charge is 0.399 e. The first-order chi connectivity index (χ1) is 10.4. The highest BCUT2D eigenvalue weighted by molar-refractivity contribution is 5.63. The van der Waals surface area contributed by atoms with Gasteiger partial charge in [-0.05, 0) is 35.2 Å². The van der Waals surface area contributed by atoms with E-state index in [9.17, 15) is 0 Å². The molecule has 0 aliphatic rings. The van der Waals surface area contributed by atoms with Gasteiger partial charge in [-0.25, -0.2) is 0 Å². The van der Waals surface area contributed by atoms with Crippen molar-refractivity contribution in [1.29, 1.82) is 0 Å². The van der Waals surface area contributed by atoms with Gasteiger partial charge in [0.25, 0.3) is 5.89 Å². The average Bonchev–Trinajstić information content (AvgIpc) is 2.96. The van der Waals surface area contributed by atoms with Crippen LogP contribution in [0.2, 0.25) is 0 Å². The summed E-state index contributed by atoms with van der Waals surface area (Å²) in [7, 11) is 0. The Kier molecular flexibility index (Phi) is 3.45. The summed E-state index contributed by atoms with van der Waals surface area (Å²) in [6.45, 7) is 6.56. The minimum atomic E-state index is 0.125. The summed E-state index contributed by atoms with van der Waals surface area (Å²) >= 11 is 0. The molecule has 4 heteroatoms. The maximum absolute atomic E-state index is 5.79. The minimum Gasteiger partial charge on any atom is -0.399 e. The van der Waals surface area contributed by atoms with Crippen LogP contribution in [0.25, 0.3) is 22.8 Å². The molecular formula is C18H19N3O. The number of benzene rings is 2. The molecule has 4 nitrogen and oxygen atoms in total. The zero-order chi connectivity index (χ0) is 15.7. The van der Waals surface area contributed by atoms with Crippen molar-refractivity contribution in [2.75, 3.05) is 5.73 Å². The Balaban J connectivity index is 1.91. The third kappa shape index (κ3) is 2.86. The monoisotopic (exact) mass is 293 g/mol. The van der Waals surface area contributed by atoms with E-state index in [1.54, 1.807) is 0 Å². The summed E-state index contributed by atoms with van der Waals surface area (Å²) in [6, 6.07) is 15.7. The van der Waals surface area contributed by atoms with Crippen LogP contribution in [0.4, 0.5) is 5.69 Å². The van der Waals surface area contributed by atoms with Crippen molar-refractivity contribution in [3.05, 3.63) is 54.1 Å². The summed E-state index contributed by atoms with van der Waals surface area (Å²) < 4.78 is 5.37. The maximum Gasteiger partial charge on any atom is 0.258 e. The number of rotatable bonds is 2. The zero-order valence-electron chi connectivity index (χ0n) is 13.0. The second-order valence-corrected chi connectivity index (χ2v) is 6.38. The normalized spacial score (nSPS) is 11.6. The van der Waals surface area contributed by atoms with Crippen LogP contribution >= 0.6 is 0 Å². The van der Waals surface area contributed by atoms with Gasteiger partial charge in [-0.2, -0.15) is 4.98 Å². The summed E-state index contributed by atoms with van der Waals surface area (Å²) in [5.41, 5.74) is 9.62. The lowest BCUT2D eigenvalue weighted by molar-refractivity contribution is 0.432. The Morgan fingerprint density at radius 1 is 0.955 bits per heavy atom. The first-order valence-corrected chi connectivity index (χ1v) is 7.24. The summed E-state index contributed by atoms with van der Waals surface area (Å²) in [4.78, 5) is 4.45. The maximum atomic E-state index is 5.79. The van der Waals surface area contributed by atoms with Crippen molar-refractivity contribution < 1.29 is 4.52 Å². The Labute approximate surface area is 130 Å². The van der Waals surface area contributed by atoms with E-state index >= 15 is 0 Å². The standard InChI is InChI=1S/C18H19N3O/c1-18(2,3)14-9-7-12(8-10-14)17-20-16(21-22-17)13-5-4-6-15(19)11-13/h4-11H,19H2,1-3H3. The Morgan fingerprint density at radius 3 is 2.32 bits per heavy atom. The summed E-state index contributed by atoms with van der Waals surface area (Å²) in [5, 5.41) is 4.03. The first kappa shape index (κ1) is 14.3. The molecular weight excluding hydrogens is 274 g/mol. The predicted octanol–water partition coefficient (Wildman–Crippen LogP) is 4.28. The molecule has 2 N–H and O–H groups in total. The van der Waals surface area contributed by atoms with Crippen LogP contribution in [0, 0.1) is 0 Å². The van der Waals surface area contributed by atoms with Crippen LogP contribution in [0.5, 0.6) is 0 Å². The Morgan fingerprint density at radius 2 is 1.68 bits per heavy atom. The van der Waals surface area contributed by atoms with Gasteiger partial charge in [0.15, 0.2) is 0 Å². The lowest BCUT2D eigenvalue weighted by Gasteiger charge is -2.18. The van der Waals surface area contributed by atoms with Crippen LogP contribution in [-0.4, -0.2) is 10.1 Å². The van der Waals surface area contributed by atoms with Crippen LogP contribution in [0.3, 0.4) is 0 Å². The highest BCUT2D eigenvalue weighted by Gasteiger charge is 2.15. The third-order valence-corrected chi connectivity index (χ3v) is 3.57. The van der Waals surface area contributed by atoms with E-state index in [-0.39, 0.29) is 5.41 Å². The van der Waals surface area contributed by atoms with Gasteiger partial charge < -0.3 is 10.3 Å². The van der Waals surface area contributed by atoms with Crippen LogP contribution in [-0.2, 0) is 5.41 Å². The molecule has 1 heterocycles. The van der Waals surface area contributed by atoms with Crippen LogP contribution < -0.4 is 5.73 Å². The molecule has 0 saturated heterocycles. The molecule has 1 aromatic heterocycles. The number of anilines is 1. The van der Waals surface area contributed by atoms with Gasteiger partial charge in [-0.3, -0.25) is 0 Å². The average molecular weight is 293 g/mol. The number of hydrogen-bond donors (Lipinski definition) is 1. The van der Waals surface area contributed by atoms with Gasteiger partial charge in [0.05, 0.1) is 0 Å². The van der Waals surface area contributed by atoms with Crippen molar-refractivity contribution in [3.63, 3.8) is 0 Å². The summed E-state index contributed by atoms with van der Waals surface area (Å²) in [6.07, 6.45) is 0. The molecule has 0 saturated carbocycles. The second kappa shape index (κ2) is 5.30. The van der Waals surface area contributed by atoms with E-state index in [1.807, 2.05) is 36.4 Å². The highest BCUT2D eigenvalue weighted by atomic mass is 16.5. The molecule has 0 atom stereocenters. The molecule has 2 aromatic carbocycles. The second-order valence-electron chi connectivity index (χ2n) is 6.38. The lowest BCUT2D eigenvalue weighted by Crippen LogP contribution is -2.10. The van der Waals surface area contributed by atoms with Gasteiger partial charge in [0, 0.05) is 16.8 Å². The molecule has 0 radical (unpaired) electrons. The van der Waals surface area contributed by atoms with E-state index < -0.39 is 0 Å². The fourth-order valence-corrected chi connectivity index (χ4v) is 2.25. The van der Waals surface area contributed by atoms with E-state index in [4.69, 9.17) is 10.3 Å². The molecule has 0 aliphatic heterocycles. The van der Waals surface area contributed by atoms with Gasteiger partial charge in [-0.1, -0.05) is 50.2 Å². The molecule has 3 aromatic rings.